The van der Waals surface area contributed by atoms with E-state index < -0.39 is 40.4 Å². The van der Waals surface area contributed by atoms with Gasteiger partial charge in [0.15, 0.2) is 59.4 Å². The van der Waals surface area contributed by atoms with E-state index in [9.17, 15) is 0 Å². The van der Waals surface area contributed by atoms with Gasteiger partial charge in [0, 0.05) is 69.7 Å². The van der Waals surface area contributed by atoms with Gasteiger partial charge in [-0.2, -0.15) is 0 Å². The second kappa shape index (κ2) is 42.3. The molecule has 0 bridgehead atoms. The Labute approximate surface area is 863 Å². The van der Waals surface area contributed by atoms with Gasteiger partial charge in [0.1, 0.15) is 43.3 Å². The van der Waals surface area contributed by atoms with E-state index in [0.717, 1.165) is 39.0 Å². The largest absolute Gasteiger partial charge is 0.266 e. The maximum atomic E-state index is 7.50. The molecular weight excluding hydrogens is 1830 g/mol. The summed E-state index contributed by atoms with van der Waals surface area (Å²) in [5.74, 6) is 0. The molecule has 0 aliphatic heterocycles. The average Bonchev–Trinajstić information content (AvgIpc) is 0.833. The van der Waals surface area contributed by atoms with E-state index in [1.807, 2.05) is 60.8 Å². The van der Waals surface area contributed by atoms with Gasteiger partial charge in [0.2, 0.25) is 28.5 Å². The summed E-state index contributed by atoms with van der Waals surface area (Å²) in [5, 5.41) is 21.7. The van der Waals surface area contributed by atoms with Crippen molar-refractivity contribution in [2.24, 2.45) is 35.2 Å². The lowest BCUT2D eigenvalue weighted by atomic mass is 9.96. The Morgan fingerprint density at radius 1 is 0.250 bits per heavy atom. The number of hydrogen-bond acceptors (Lipinski definition) is 1. The van der Waals surface area contributed by atoms with Crippen LogP contribution in [0.1, 0.15) is 146 Å². The molecule has 10 aromatic carbocycles. The van der Waals surface area contributed by atoms with Crippen LogP contribution in [0.5, 0.6) is 0 Å². The van der Waals surface area contributed by atoms with Gasteiger partial charge in [-0.05, 0) is 219 Å². The lowest BCUT2D eigenvalue weighted by molar-refractivity contribution is -0.659. The van der Waals surface area contributed by atoms with Crippen LogP contribution in [0.3, 0.4) is 0 Å². The quantitative estimate of drug-likeness (QED) is 0.0573. The van der Waals surface area contributed by atoms with Crippen LogP contribution in [0.2, 0.25) is 87.6 Å². The zero-order valence-electron chi connectivity index (χ0n) is 90.1. The van der Waals surface area contributed by atoms with Crippen molar-refractivity contribution in [1.29, 1.82) is 0 Å². The zero-order valence-corrected chi connectivity index (χ0v) is 95.1. The predicted octanol–water partition coefficient (Wildman–Crippen LogP) is 29.4. The van der Waals surface area contributed by atoms with Crippen molar-refractivity contribution in [2.45, 2.75) is 247 Å². The van der Waals surface area contributed by atoms with Crippen molar-refractivity contribution in [3.63, 3.8) is 0 Å². The van der Waals surface area contributed by atoms with Crippen molar-refractivity contribution in [3.05, 3.63) is 350 Å². The molecule has 144 heavy (non-hydrogen) atoms. The van der Waals surface area contributed by atoms with Crippen LogP contribution in [-0.2, 0) is 35.2 Å². The van der Waals surface area contributed by atoms with Crippen LogP contribution in [0.25, 0.3) is 134 Å². The van der Waals surface area contributed by atoms with Crippen LogP contribution in [0.4, 0.5) is 28.4 Å². The van der Waals surface area contributed by atoms with Gasteiger partial charge in [-0.3, -0.25) is 4.98 Å². The summed E-state index contributed by atoms with van der Waals surface area (Å²) in [5.41, 5.74) is 31.1. The van der Waals surface area contributed by atoms with Gasteiger partial charge < -0.3 is 0 Å². The first-order valence-corrected chi connectivity index (χ1v) is 67.5. The topological polar surface area (TPSA) is 54.1 Å². The Balaban J connectivity index is 0.000000129. The first kappa shape index (κ1) is 104. The maximum Gasteiger partial charge on any atom is 0.219 e. The zero-order chi connectivity index (χ0) is 103. The van der Waals surface area contributed by atoms with Crippen molar-refractivity contribution >= 4 is 154 Å². The Morgan fingerprint density at radius 3 is 0.688 bits per heavy atom. The Kier molecular flexibility index (Phi) is 30.5. The Morgan fingerprint density at radius 2 is 0.472 bits per heavy atom. The highest BCUT2D eigenvalue weighted by Crippen LogP contribution is 2.48. The molecule has 0 radical (unpaired) electrons. The van der Waals surface area contributed by atoms with E-state index >= 15 is 0 Å². The van der Waals surface area contributed by atoms with E-state index in [0.29, 0.717) is 28.4 Å². The number of fused-ring (bicyclic) bond motifs is 5. The normalized spacial score (nSPS) is 14.2. The van der Waals surface area contributed by atoms with Gasteiger partial charge in [-0.25, -0.2) is 47.1 Å². The number of hydrogen-bond donors (Lipinski definition) is 0. The molecule has 0 spiro atoms. The Bertz CT molecular complexity index is 7970. The van der Waals surface area contributed by atoms with Crippen LogP contribution in [0.15, 0.2) is 237 Å². The SMILES string of the molecule is [C-]#[N+]c1cc(C)c(C)c(-c2c3ccc([Si](C)(C)C4CC4)cc3cc[n+]2C)c1.[C-]#[N+]c1cc(C)c(C)c(-c2c3ccc([Si](C)(C)C4CCC4)cc3cc[n+]2C)c1.[C-]#[N+]c1cc(C)c(C)c(-c2c3ccc([Si](C)(C)C4CCCC4)cc3cc[n+]2C)c1.[C-]#[N+]c1cc(C)c(C)c(-c2c3ccc([Si](C)(C)C4CCCCC4)cc3cc[n+]2C)c1.[C-]#[N+]c1cc(C)c(C)c(-c2c3ccc([Si](C)(C)c4ccccn4)cc3cc[n+]2C)c1. The molecule has 16 aromatic rings. The number of nitrogens with zero attached hydrogens (tertiary/aromatic N) is 11. The first-order chi connectivity index (χ1) is 68.6. The second-order valence-corrected chi connectivity index (χ2v) is 68.8. The molecule has 0 unspecified atom stereocenters. The third kappa shape index (κ3) is 20.7. The minimum absolute atomic E-state index is 0.686. The lowest BCUT2D eigenvalue weighted by Crippen LogP contribution is -2.54. The van der Waals surface area contributed by atoms with Gasteiger partial charge >= 0.3 is 0 Å². The average molecular weight is 1980 g/mol. The summed E-state index contributed by atoms with van der Waals surface area (Å²) in [7, 11) is 2.93. The molecule has 6 aromatic heterocycles. The van der Waals surface area contributed by atoms with Gasteiger partial charge in [-0.15, -0.1) is 0 Å². The molecule has 11 nitrogen and oxygen atoms in total. The van der Waals surface area contributed by atoms with Crippen LogP contribution in [0, 0.1) is 102 Å². The third-order valence-electron chi connectivity index (χ3n) is 34.6. The summed E-state index contributed by atoms with van der Waals surface area (Å²) >= 11 is 0. The van der Waals surface area contributed by atoms with E-state index in [1.54, 1.807) is 20.7 Å². The summed E-state index contributed by atoms with van der Waals surface area (Å²) in [6, 6.07) is 73.1. The van der Waals surface area contributed by atoms with Crippen LogP contribution in [-0.4, -0.2) is 45.4 Å². The summed E-state index contributed by atoms with van der Waals surface area (Å²) < 4.78 is 11.0. The molecule has 728 valence electrons. The molecule has 20 rings (SSSR count). The number of pyridine rings is 6. The highest BCUT2D eigenvalue weighted by atomic mass is 28.3. The molecule has 4 fully saturated rings. The van der Waals surface area contributed by atoms with Gasteiger partial charge in [0.05, 0.1) is 92.1 Å². The Hall–Kier alpha value is -13.1. The number of rotatable bonds is 15. The molecule has 0 saturated heterocycles. The molecule has 16 heteroatoms. The summed E-state index contributed by atoms with van der Waals surface area (Å²) in [4.78, 5) is 23.1. The highest BCUT2D eigenvalue weighted by molar-refractivity contribution is 7.00. The minimum atomic E-state index is -1.88. The molecule has 0 atom stereocenters. The van der Waals surface area contributed by atoms with Crippen LogP contribution < -0.4 is 54.1 Å². The predicted molar refractivity (Wildman–Crippen MR) is 621 cm³/mol. The standard InChI is InChI=1S/C27H33N2Si.C26H26N3Si.C26H31N2Si.C25H29N2Si.C24H27N2Si/c1-19-16-22(28-3)18-26(20(19)2)27-25-13-12-24(17-21(25)14-15-29(27)4)30(5,6)23-10-8-7-9-11-23;1-18-15-21(27-3)17-24(19(18)2)26-23-11-10-22(16-20(23)12-14-29(26)4)30(5,6)25-9-7-8-13-28-25;1-18-15-21(27-3)17-25(19(18)2)26-24-12-11-23(16-20(24)13-14-28(26)4)29(5,6)22-9-7-8-10-22;1-17-14-20(26-3)16-24(18(17)2)25-23-11-10-22(15-19(23)12-13-27(25)4)28(5,6)21-8-7-9-21;1-16-13-19(25-3)15-23(17(16)2)24-22-10-9-21(27(5,6)20-7-8-20)14-18(22)11-12-26(24)4/h12-18,23H,7-11H2,1-2,4-6H3;7-17H,1-2,4-6H3;11-17,22H,7-10H2,1-2,4-6H3;10-16,21H,7-9H2,1-2,4-6H3;9-15,20H,7-8H2,1-2,4-6H3/q5*+1. The summed E-state index contributed by atoms with van der Waals surface area (Å²) in [6.07, 6.45) is 32.4. The van der Waals surface area contributed by atoms with Crippen LogP contribution >= 0.6 is 0 Å². The van der Waals surface area contributed by atoms with E-state index in [-0.39, 0.29) is 0 Å². The monoisotopic (exact) mass is 1980 g/mol. The fourth-order valence-corrected chi connectivity index (χ4v) is 39.0. The lowest BCUT2D eigenvalue weighted by Gasteiger charge is -2.39. The van der Waals surface area contributed by atoms with E-state index in [1.165, 1.54) is 249 Å². The van der Waals surface area contributed by atoms with Gasteiger partial charge in [0.25, 0.3) is 0 Å². The number of benzene rings is 10. The summed E-state index contributed by atoms with van der Waals surface area (Å²) in [6.45, 7) is 83.8. The molecule has 0 amide bonds. The van der Waals surface area contributed by atoms with Crippen molar-refractivity contribution in [1.82, 2.24) is 4.98 Å². The minimum Gasteiger partial charge on any atom is -0.266 e. The fourth-order valence-electron chi connectivity index (χ4n) is 23.5. The fraction of sp³-hybridized carbons (Fsp3) is 0.336. The molecular formula is C128H146N11Si5+5. The number of aromatic nitrogens is 6. The highest BCUT2D eigenvalue weighted by Gasteiger charge is 2.43. The molecule has 4 saturated carbocycles. The molecule has 6 heterocycles. The van der Waals surface area contributed by atoms with E-state index in [2.05, 4.69) is 399 Å². The van der Waals surface area contributed by atoms with E-state index in [4.69, 9.17) is 32.9 Å². The third-order valence-corrected chi connectivity index (χ3v) is 55.6. The van der Waals surface area contributed by atoms with Crippen molar-refractivity contribution < 1.29 is 22.8 Å². The van der Waals surface area contributed by atoms with Crippen molar-refractivity contribution in [3.8, 4) is 56.3 Å². The number of aryl methyl sites for hydroxylation is 10. The van der Waals surface area contributed by atoms with Crippen molar-refractivity contribution in [2.75, 3.05) is 0 Å². The van der Waals surface area contributed by atoms with Gasteiger partial charge in [-0.1, -0.05) is 306 Å². The maximum absolute atomic E-state index is 7.50. The first-order valence-electron chi connectivity index (χ1n) is 52.1. The molecule has 4 aliphatic carbocycles. The molecule has 0 N–H and O–H groups in total. The second-order valence-electron chi connectivity index (χ2n) is 45.1. The molecule has 4 aliphatic rings. The smallest absolute Gasteiger partial charge is 0.219 e.